The molecule has 0 radical (unpaired) electrons. The van der Waals surface area contributed by atoms with Crippen LogP contribution in [0.3, 0.4) is 0 Å². The van der Waals surface area contributed by atoms with E-state index in [2.05, 4.69) is 84.9 Å². The minimum Gasteiger partial charge on any atom is -0.457 e. The van der Waals surface area contributed by atoms with E-state index in [1.165, 1.54) is 0 Å². The van der Waals surface area contributed by atoms with Crippen LogP contribution in [-0.4, -0.2) is 15.0 Å². The number of rotatable bonds is 4. The van der Waals surface area contributed by atoms with E-state index in [-0.39, 0.29) is 0 Å². The second-order valence-corrected chi connectivity index (χ2v) is 13.1. The fourth-order valence-electron chi connectivity index (χ4n) is 7.92. The van der Waals surface area contributed by atoms with E-state index in [1.807, 2.05) is 91.0 Å². The Morgan fingerprint density at radius 3 is 1.50 bits per heavy atom. The highest BCUT2D eigenvalue weighted by atomic mass is 16.5. The summed E-state index contributed by atoms with van der Waals surface area (Å²) < 4.78 is 6.53. The number of hydrogen-bond acceptors (Lipinski definition) is 5. The van der Waals surface area contributed by atoms with Gasteiger partial charge < -0.3 is 4.74 Å². The Morgan fingerprint density at radius 2 is 0.885 bits per heavy atom. The maximum Gasteiger partial charge on any atom is 0.164 e. The Bertz CT molecular complexity index is 2630. The molecule has 1 aromatic heterocycles. The van der Waals surface area contributed by atoms with Crippen molar-refractivity contribution < 1.29 is 4.74 Å². The molecule has 52 heavy (non-hydrogen) atoms. The number of fused-ring (bicyclic) bond motifs is 9. The molecule has 10 rings (SSSR count). The van der Waals surface area contributed by atoms with E-state index < -0.39 is 5.41 Å². The van der Waals surface area contributed by atoms with Crippen molar-refractivity contribution in [2.24, 2.45) is 0 Å². The standard InChI is InChI=1S/C47H28N4O/c48-29-30-22-24-36-37-25-23-34(28-41(37)47(40(36)26-30)38-18-7-9-20-42(38)52-43-21-10-8-19-39(43)47)33-16-11-17-35(27-33)46-50-44(31-12-3-1-4-13-31)49-45(51-46)32-14-5-2-6-15-32/h1-28H. The van der Waals surface area contributed by atoms with Gasteiger partial charge in [0, 0.05) is 27.8 Å². The van der Waals surface area contributed by atoms with Crippen LogP contribution in [0.25, 0.3) is 56.4 Å². The lowest BCUT2D eigenvalue weighted by Gasteiger charge is -2.39. The number of hydrogen-bond donors (Lipinski definition) is 0. The summed E-state index contributed by atoms with van der Waals surface area (Å²) in [7, 11) is 0. The highest BCUT2D eigenvalue weighted by molar-refractivity contribution is 5.91. The van der Waals surface area contributed by atoms with Crippen LogP contribution in [0.1, 0.15) is 27.8 Å². The Hall–Kier alpha value is -7.16. The van der Waals surface area contributed by atoms with Gasteiger partial charge in [0.25, 0.3) is 0 Å². The van der Waals surface area contributed by atoms with Gasteiger partial charge in [-0.1, -0.05) is 133 Å². The fourth-order valence-corrected chi connectivity index (χ4v) is 7.92. The highest BCUT2D eigenvalue weighted by Crippen LogP contribution is 2.62. The third-order valence-electron chi connectivity index (χ3n) is 10.2. The number of nitriles is 1. The molecule has 8 aromatic rings. The van der Waals surface area contributed by atoms with Crippen LogP contribution in [0.4, 0.5) is 0 Å². The largest absolute Gasteiger partial charge is 0.457 e. The first-order chi connectivity index (χ1) is 25.7. The Balaban J connectivity index is 1.17. The monoisotopic (exact) mass is 664 g/mol. The molecule has 7 aromatic carbocycles. The van der Waals surface area contributed by atoms with Gasteiger partial charge in [-0.2, -0.15) is 5.26 Å². The summed E-state index contributed by atoms with van der Waals surface area (Å²) in [6.45, 7) is 0. The number of para-hydroxylation sites is 2. The topological polar surface area (TPSA) is 71.7 Å². The van der Waals surface area contributed by atoms with Crippen molar-refractivity contribution in [3.8, 4) is 74.0 Å². The van der Waals surface area contributed by atoms with Crippen molar-refractivity contribution in [2.75, 3.05) is 0 Å². The van der Waals surface area contributed by atoms with Crippen molar-refractivity contribution in [3.63, 3.8) is 0 Å². The SMILES string of the molecule is N#Cc1ccc2c(c1)C1(c3ccccc3Oc3ccccc31)c1cc(-c3cccc(-c4nc(-c5ccccc5)nc(-c5ccccc5)n4)c3)ccc1-2. The number of nitrogens with zero attached hydrogens (tertiary/aromatic N) is 4. The van der Waals surface area contributed by atoms with Crippen molar-refractivity contribution in [1.82, 2.24) is 15.0 Å². The molecule has 0 unspecified atom stereocenters. The molecule has 1 spiro atoms. The van der Waals surface area contributed by atoms with E-state index in [9.17, 15) is 5.26 Å². The molecule has 0 bridgehead atoms. The molecule has 1 aliphatic carbocycles. The van der Waals surface area contributed by atoms with E-state index in [1.54, 1.807) is 0 Å². The fraction of sp³-hybridized carbons (Fsp3) is 0.0213. The first-order valence-electron chi connectivity index (χ1n) is 17.2. The summed E-state index contributed by atoms with van der Waals surface area (Å²) in [6, 6.07) is 60.2. The third-order valence-corrected chi connectivity index (χ3v) is 10.2. The van der Waals surface area contributed by atoms with Crippen LogP contribution in [0.2, 0.25) is 0 Å². The van der Waals surface area contributed by atoms with Gasteiger partial charge in [0.2, 0.25) is 0 Å². The lowest BCUT2D eigenvalue weighted by molar-refractivity contribution is 0.436. The summed E-state index contributed by atoms with van der Waals surface area (Å²) in [5.41, 5.74) is 11.4. The second-order valence-electron chi connectivity index (χ2n) is 13.1. The van der Waals surface area contributed by atoms with Crippen molar-refractivity contribution in [2.45, 2.75) is 5.41 Å². The van der Waals surface area contributed by atoms with Crippen molar-refractivity contribution in [1.29, 1.82) is 5.26 Å². The lowest BCUT2D eigenvalue weighted by Crippen LogP contribution is -2.32. The molecule has 0 fully saturated rings. The van der Waals surface area contributed by atoms with Crippen molar-refractivity contribution >= 4 is 0 Å². The zero-order valence-corrected chi connectivity index (χ0v) is 27.9. The molecule has 0 N–H and O–H groups in total. The summed E-state index contributed by atoms with van der Waals surface area (Å²) in [4.78, 5) is 14.9. The van der Waals surface area contributed by atoms with E-state index in [0.29, 0.717) is 23.0 Å². The van der Waals surface area contributed by atoms with E-state index in [0.717, 1.165) is 72.7 Å². The number of benzene rings is 7. The molecule has 0 saturated carbocycles. The molecule has 5 heteroatoms. The van der Waals surface area contributed by atoms with Gasteiger partial charge in [0.1, 0.15) is 11.5 Å². The third kappa shape index (κ3) is 4.52. The predicted octanol–water partition coefficient (Wildman–Crippen LogP) is 10.9. The number of ether oxygens (including phenoxy) is 1. The zero-order valence-electron chi connectivity index (χ0n) is 27.9. The average molecular weight is 665 g/mol. The Morgan fingerprint density at radius 1 is 0.404 bits per heavy atom. The molecular formula is C47H28N4O. The van der Waals surface area contributed by atoms with Gasteiger partial charge >= 0.3 is 0 Å². The van der Waals surface area contributed by atoms with Crippen molar-refractivity contribution in [3.05, 3.63) is 198 Å². The molecule has 0 saturated heterocycles. The number of aromatic nitrogens is 3. The molecule has 242 valence electrons. The Kier molecular flexibility index (Phi) is 6.70. The van der Waals surface area contributed by atoms with E-state index in [4.69, 9.17) is 19.7 Å². The van der Waals surface area contributed by atoms with Crippen LogP contribution in [0, 0.1) is 11.3 Å². The normalized spacial score (nSPS) is 12.9. The molecular weight excluding hydrogens is 637 g/mol. The van der Waals surface area contributed by atoms with Gasteiger partial charge in [0.15, 0.2) is 17.5 Å². The minimum absolute atomic E-state index is 0.607. The smallest absolute Gasteiger partial charge is 0.164 e. The molecule has 2 aliphatic rings. The Labute approximate surface area is 301 Å². The van der Waals surface area contributed by atoms with Gasteiger partial charge in [0.05, 0.1) is 17.0 Å². The quantitative estimate of drug-likeness (QED) is 0.187. The minimum atomic E-state index is -0.681. The first kappa shape index (κ1) is 29.7. The zero-order chi connectivity index (χ0) is 34.6. The molecule has 0 amide bonds. The van der Waals surface area contributed by atoms with Gasteiger partial charge in [-0.3, -0.25) is 0 Å². The second kappa shape index (κ2) is 11.7. The van der Waals surface area contributed by atoms with Crippen LogP contribution >= 0.6 is 0 Å². The maximum absolute atomic E-state index is 10.1. The molecule has 5 nitrogen and oxygen atoms in total. The summed E-state index contributed by atoms with van der Waals surface area (Å²) in [6.07, 6.45) is 0. The lowest BCUT2D eigenvalue weighted by atomic mass is 9.65. The highest BCUT2D eigenvalue weighted by Gasteiger charge is 2.51. The van der Waals surface area contributed by atoms with Crippen LogP contribution in [0.15, 0.2) is 170 Å². The molecule has 0 atom stereocenters. The first-order valence-corrected chi connectivity index (χ1v) is 17.2. The maximum atomic E-state index is 10.1. The molecule has 2 heterocycles. The van der Waals surface area contributed by atoms with Crippen LogP contribution < -0.4 is 4.74 Å². The molecule has 1 aliphatic heterocycles. The van der Waals surface area contributed by atoms with Gasteiger partial charge in [-0.15, -0.1) is 0 Å². The van der Waals surface area contributed by atoms with Gasteiger partial charge in [-0.05, 0) is 69.8 Å². The summed E-state index contributed by atoms with van der Waals surface area (Å²) in [5, 5.41) is 10.1. The van der Waals surface area contributed by atoms with Crippen LogP contribution in [-0.2, 0) is 5.41 Å². The van der Waals surface area contributed by atoms with E-state index >= 15 is 0 Å². The average Bonchev–Trinajstić information content (AvgIpc) is 3.50. The summed E-state index contributed by atoms with van der Waals surface area (Å²) >= 11 is 0. The predicted molar refractivity (Wildman–Crippen MR) is 204 cm³/mol. The van der Waals surface area contributed by atoms with Gasteiger partial charge in [-0.25, -0.2) is 15.0 Å². The summed E-state index contributed by atoms with van der Waals surface area (Å²) in [5.74, 6) is 3.48. The van der Waals surface area contributed by atoms with Crippen LogP contribution in [0.5, 0.6) is 11.5 Å².